The van der Waals surface area contributed by atoms with Gasteiger partial charge in [-0.25, -0.2) is 0 Å². The number of aromatic hydroxyl groups is 1. The third kappa shape index (κ3) is 1.83. The van der Waals surface area contributed by atoms with E-state index in [0.29, 0.717) is 11.6 Å². The van der Waals surface area contributed by atoms with Gasteiger partial charge in [0.05, 0.1) is 6.26 Å². The maximum Gasteiger partial charge on any atom is 0.175 e. The molecule has 15 heavy (non-hydrogen) atoms. The van der Waals surface area contributed by atoms with E-state index in [4.69, 9.17) is 4.42 Å². The maximum absolute atomic E-state index is 9.57. The molecule has 0 bridgehead atoms. The van der Waals surface area contributed by atoms with Gasteiger partial charge in [-0.2, -0.15) is 0 Å². The summed E-state index contributed by atoms with van der Waals surface area (Å²) in [4.78, 5) is 0. The first-order valence-electron chi connectivity index (χ1n) is 5.07. The fourth-order valence-corrected chi connectivity index (χ4v) is 1.69. The second kappa shape index (κ2) is 3.95. The van der Waals surface area contributed by atoms with E-state index in [0.717, 1.165) is 17.4 Å². The lowest BCUT2D eigenvalue weighted by atomic mass is 10.1. The normalized spacial score (nSPS) is 13.2. The van der Waals surface area contributed by atoms with Crippen molar-refractivity contribution in [3.8, 4) is 5.75 Å². The van der Waals surface area contributed by atoms with Crippen LogP contribution in [0, 0.1) is 0 Å². The molecule has 2 N–H and O–H groups in total. The average Bonchev–Trinajstić information content (AvgIpc) is 2.63. The molecular formula is C12H15NO2. The van der Waals surface area contributed by atoms with Crippen molar-refractivity contribution >= 4 is 11.0 Å². The summed E-state index contributed by atoms with van der Waals surface area (Å²) in [6.45, 7) is 2.11. The van der Waals surface area contributed by atoms with Crippen LogP contribution in [0.2, 0.25) is 0 Å². The van der Waals surface area contributed by atoms with Gasteiger partial charge in [0.1, 0.15) is 0 Å². The summed E-state index contributed by atoms with van der Waals surface area (Å²) in [6.07, 6.45) is 2.62. The van der Waals surface area contributed by atoms with Crippen LogP contribution in [-0.2, 0) is 6.42 Å². The number of para-hydroxylation sites is 1. The molecule has 1 aromatic heterocycles. The largest absolute Gasteiger partial charge is 0.504 e. The molecule has 80 valence electrons. The molecule has 0 aliphatic heterocycles. The van der Waals surface area contributed by atoms with Crippen molar-refractivity contribution in [1.29, 1.82) is 0 Å². The molecule has 2 aromatic rings. The molecule has 0 amide bonds. The number of nitrogens with one attached hydrogen (secondary N) is 1. The monoisotopic (exact) mass is 205 g/mol. The number of likely N-dealkylation sites (N-methyl/N-ethyl adjacent to an activating group) is 1. The van der Waals surface area contributed by atoms with E-state index in [1.54, 1.807) is 12.3 Å². The average molecular weight is 205 g/mol. The van der Waals surface area contributed by atoms with Gasteiger partial charge in [0, 0.05) is 11.4 Å². The Morgan fingerprint density at radius 3 is 3.00 bits per heavy atom. The molecule has 0 spiro atoms. The summed E-state index contributed by atoms with van der Waals surface area (Å²) in [5, 5.41) is 13.7. The lowest BCUT2D eigenvalue weighted by molar-refractivity contribution is 0.464. The number of phenolic OH excluding ortho intramolecular Hbond substituents is 1. The van der Waals surface area contributed by atoms with Crippen molar-refractivity contribution in [2.45, 2.75) is 19.4 Å². The Balaban J connectivity index is 2.41. The zero-order valence-electron chi connectivity index (χ0n) is 8.95. The van der Waals surface area contributed by atoms with Crippen molar-refractivity contribution in [1.82, 2.24) is 5.32 Å². The SMILES string of the molecule is CNC(C)Cc1coc2c(O)cccc12. The maximum atomic E-state index is 9.57. The molecule has 0 fully saturated rings. The predicted molar refractivity (Wildman–Crippen MR) is 60.1 cm³/mol. The van der Waals surface area contributed by atoms with E-state index in [9.17, 15) is 5.11 Å². The second-order valence-corrected chi connectivity index (χ2v) is 3.81. The van der Waals surface area contributed by atoms with Crippen LogP contribution in [0.5, 0.6) is 5.75 Å². The summed E-state index contributed by atoms with van der Waals surface area (Å²) < 4.78 is 5.35. The molecule has 3 nitrogen and oxygen atoms in total. The van der Waals surface area contributed by atoms with Gasteiger partial charge in [-0.3, -0.25) is 0 Å². The fraction of sp³-hybridized carbons (Fsp3) is 0.333. The van der Waals surface area contributed by atoms with Crippen LogP contribution in [0.4, 0.5) is 0 Å². The molecule has 0 saturated carbocycles. The van der Waals surface area contributed by atoms with Gasteiger partial charge in [0.15, 0.2) is 11.3 Å². The third-order valence-electron chi connectivity index (χ3n) is 2.68. The van der Waals surface area contributed by atoms with Crippen molar-refractivity contribution in [3.05, 3.63) is 30.0 Å². The van der Waals surface area contributed by atoms with Crippen molar-refractivity contribution in [3.63, 3.8) is 0 Å². The van der Waals surface area contributed by atoms with Gasteiger partial charge >= 0.3 is 0 Å². The minimum atomic E-state index is 0.205. The highest BCUT2D eigenvalue weighted by atomic mass is 16.3. The molecule has 0 aliphatic carbocycles. The topological polar surface area (TPSA) is 45.4 Å². The number of fused-ring (bicyclic) bond motifs is 1. The lowest BCUT2D eigenvalue weighted by Crippen LogP contribution is -2.23. The standard InChI is InChI=1S/C12H15NO2/c1-8(13-2)6-9-7-15-12-10(9)4-3-5-11(12)14/h3-5,7-8,13-14H,6H2,1-2H3. The number of hydrogen-bond acceptors (Lipinski definition) is 3. The van der Waals surface area contributed by atoms with Gasteiger partial charge in [-0.15, -0.1) is 0 Å². The van der Waals surface area contributed by atoms with Gasteiger partial charge in [0.25, 0.3) is 0 Å². The number of furan rings is 1. The van der Waals surface area contributed by atoms with Crippen LogP contribution >= 0.6 is 0 Å². The quantitative estimate of drug-likeness (QED) is 0.808. The molecule has 0 aliphatic rings. The summed E-state index contributed by atoms with van der Waals surface area (Å²) in [7, 11) is 1.93. The Hall–Kier alpha value is -1.48. The molecule has 0 saturated heterocycles. The minimum Gasteiger partial charge on any atom is -0.504 e. The Bertz CT molecular complexity index is 462. The Morgan fingerprint density at radius 2 is 2.27 bits per heavy atom. The fourth-order valence-electron chi connectivity index (χ4n) is 1.69. The molecule has 0 radical (unpaired) electrons. The molecule has 1 unspecified atom stereocenters. The van der Waals surface area contributed by atoms with E-state index in [-0.39, 0.29) is 5.75 Å². The summed E-state index contributed by atoms with van der Waals surface area (Å²) in [5.41, 5.74) is 1.71. The van der Waals surface area contributed by atoms with Crippen LogP contribution in [-0.4, -0.2) is 18.2 Å². The Morgan fingerprint density at radius 1 is 1.47 bits per heavy atom. The molecule has 2 rings (SSSR count). The van der Waals surface area contributed by atoms with Crippen LogP contribution in [0.15, 0.2) is 28.9 Å². The Labute approximate surface area is 88.7 Å². The molecule has 3 heteroatoms. The highest BCUT2D eigenvalue weighted by Crippen LogP contribution is 2.29. The number of hydrogen-bond donors (Lipinski definition) is 2. The lowest BCUT2D eigenvalue weighted by Gasteiger charge is -2.07. The van der Waals surface area contributed by atoms with Crippen LogP contribution < -0.4 is 5.32 Å². The number of benzene rings is 1. The van der Waals surface area contributed by atoms with Gasteiger partial charge in [0.2, 0.25) is 0 Å². The van der Waals surface area contributed by atoms with Gasteiger partial charge in [-0.1, -0.05) is 12.1 Å². The number of rotatable bonds is 3. The van der Waals surface area contributed by atoms with E-state index in [1.807, 2.05) is 19.2 Å². The highest BCUT2D eigenvalue weighted by Gasteiger charge is 2.10. The van der Waals surface area contributed by atoms with Crippen molar-refractivity contribution < 1.29 is 9.52 Å². The van der Waals surface area contributed by atoms with Gasteiger partial charge in [-0.05, 0) is 32.0 Å². The first-order chi connectivity index (χ1) is 7.22. The zero-order valence-corrected chi connectivity index (χ0v) is 8.95. The summed E-state index contributed by atoms with van der Waals surface area (Å²) >= 11 is 0. The first-order valence-corrected chi connectivity index (χ1v) is 5.07. The van der Waals surface area contributed by atoms with E-state index in [2.05, 4.69) is 12.2 Å². The van der Waals surface area contributed by atoms with Crippen molar-refractivity contribution in [2.24, 2.45) is 0 Å². The molecule has 1 heterocycles. The molecule has 1 aromatic carbocycles. The first kappa shape index (κ1) is 10.1. The van der Waals surface area contributed by atoms with Gasteiger partial charge < -0.3 is 14.8 Å². The van der Waals surface area contributed by atoms with Crippen LogP contribution in [0.1, 0.15) is 12.5 Å². The summed E-state index contributed by atoms with van der Waals surface area (Å²) in [6, 6.07) is 5.84. The second-order valence-electron chi connectivity index (χ2n) is 3.81. The molecular weight excluding hydrogens is 190 g/mol. The van der Waals surface area contributed by atoms with E-state index in [1.165, 1.54) is 0 Å². The molecule has 1 atom stereocenters. The van der Waals surface area contributed by atoms with Crippen molar-refractivity contribution in [2.75, 3.05) is 7.05 Å². The van der Waals surface area contributed by atoms with Crippen LogP contribution in [0.25, 0.3) is 11.0 Å². The Kier molecular flexibility index (Phi) is 2.64. The number of phenols is 1. The summed E-state index contributed by atoms with van der Waals surface area (Å²) in [5.74, 6) is 0.205. The van der Waals surface area contributed by atoms with E-state index >= 15 is 0 Å². The highest BCUT2D eigenvalue weighted by molar-refractivity contribution is 5.85. The smallest absolute Gasteiger partial charge is 0.175 e. The minimum absolute atomic E-state index is 0.205. The zero-order chi connectivity index (χ0) is 10.8. The van der Waals surface area contributed by atoms with E-state index < -0.39 is 0 Å². The predicted octanol–water partition coefficient (Wildman–Crippen LogP) is 2.29. The van der Waals surface area contributed by atoms with Crippen LogP contribution in [0.3, 0.4) is 0 Å². The third-order valence-corrected chi connectivity index (χ3v) is 2.68.